The third kappa shape index (κ3) is 2.50. The zero-order valence-electron chi connectivity index (χ0n) is 9.60. The Labute approximate surface area is 100 Å². The quantitative estimate of drug-likeness (QED) is 0.912. The van der Waals surface area contributed by atoms with Crippen LogP contribution in [0.2, 0.25) is 0 Å². The normalized spacial score (nSPS) is 11.4. The Bertz CT molecular complexity index is 615. The van der Waals surface area contributed by atoms with Crippen LogP contribution in [0.5, 0.6) is 0 Å². The van der Waals surface area contributed by atoms with Crippen LogP contribution in [0, 0.1) is 13.8 Å². The summed E-state index contributed by atoms with van der Waals surface area (Å²) in [5.74, 6) is 0.213. The van der Waals surface area contributed by atoms with Crippen molar-refractivity contribution in [2.45, 2.75) is 18.7 Å². The van der Waals surface area contributed by atoms with Crippen molar-refractivity contribution < 1.29 is 12.8 Å². The molecule has 0 saturated heterocycles. The Balaban J connectivity index is 2.38. The summed E-state index contributed by atoms with van der Waals surface area (Å²) in [7, 11) is -3.57. The molecule has 0 aliphatic rings. The van der Waals surface area contributed by atoms with Gasteiger partial charge < -0.3 is 4.42 Å². The molecule has 0 atom stereocenters. The maximum atomic E-state index is 12.1. The van der Waals surface area contributed by atoms with Crippen molar-refractivity contribution in [1.82, 2.24) is 0 Å². The second kappa shape index (κ2) is 4.25. The van der Waals surface area contributed by atoms with Crippen molar-refractivity contribution in [3.63, 3.8) is 0 Å². The average molecular weight is 251 g/mol. The van der Waals surface area contributed by atoms with Crippen LogP contribution in [0.15, 0.2) is 45.9 Å². The molecule has 5 heteroatoms. The first-order chi connectivity index (χ1) is 7.99. The summed E-state index contributed by atoms with van der Waals surface area (Å²) in [6.07, 6.45) is 1.42. The Hall–Kier alpha value is -1.75. The molecule has 0 aliphatic carbocycles. The number of hydrogen-bond donors (Lipinski definition) is 1. The molecule has 0 aliphatic heterocycles. The lowest BCUT2D eigenvalue weighted by molar-refractivity contribution is 0.576. The van der Waals surface area contributed by atoms with Gasteiger partial charge in [0, 0.05) is 6.07 Å². The highest BCUT2D eigenvalue weighted by Crippen LogP contribution is 2.20. The first-order valence-electron chi connectivity index (χ1n) is 5.12. The first-order valence-corrected chi connectivity index (χ1v) is 6.61. The number of nitrogens with one attached hydrogen (secondary N) is 1. The molecule has 0 radical (unpaired) electrons. The van der Waals surface area contributed by atoms with Gasteiger partial charge in [0.2, 0.25) is 5.88 Å². The highest BCUT2D eigenvalue weighted by Gasteiger charge is 2.17. The number of sulfonamides is 1. The van der Waals surface area contributed by atoms with Gasteiger partial charge in [-0.05, 0) is 31.5 Å². The van der Waals surface area contributed by atoms with Crippen LogP contribution in [0.4, 0.5) is 5.88 Å². The van der Waals surface area contributed by atoms with Crippen LogP contribution < -0.4 is 4.72 Å². The van der Waals surface area contributed by atoms with E-state index in [1.807, 2.05) is 13.0 Å². The van der Waals surface area contributed by atoms with Crippen LogP contribution in [0.25, 0.3) is 0 Å². The summed E-state index contributed by atoms with van der Waals surface area (Å²) in [6.45, 7) is 3.69. The standard InChI is InChI=1S/C12H13NO3S/c1-9-5-6-11(10(2)8-9)17(14,15)13-12-4-3-7-16-12/h3-8,13H,1-2H3. The lowest BCUT2D eigenvalue weighted by Gasteiger charge is -2.08. The lowest BCUT2D eigenvalue weighted by Crippen LogP contribution is -2.13. The molecular weight excluding hydrogens is 238 g/mol. The number of aryl methyl sites for hydroxylation is 2. The van der Waals surface area contributed by atoms with Gasteiger partial charge in [0.1, 0.15) is 0 Å². The van der Waals surface area contributed by atoms with E-state index >= 15 is 0 Å². The lowest BCUT2D eigenvalue weighted by atomic mass is 10.2. The van der Waals surface area contributed by atoms with Crippen LogP contribution in [-0.4, -0.2) is 8.42 Å². The molecule has 0 saturated carbocycles. The third-order valence-corrected chi connectivity index (χ3v) is 3.88. The number of rotatable bonds is 3. The van der Waals surface area contributed by atoms with Crippen molar-refractivity contribution in [3.8, 4) is 0 Å². The fraction of sp³-hybridized carbons (Fsp3) is 0.167. The van der Waals surface area contributed by atoms with Gasteiger partial charge in [0.05, 0.1) is 11.2 Å². The summed E-state index contributed by atoms with van der Waals surface area (Å²) in [5, 5.41) is 0. The van der Waals surface area contributed by atoms with Gasteiger partial charge in [-0.3, -0.25) is 0 Å². The molecule has 2 aromatic rings. The molecule has 17 heavy (non-hydrogen) atoms. The molecule has 2 rings (SSSR count). The van der Waals surface area contributed by atoms with Gasteiger partial charge in [-0.2, -0.15) is 0 Å². The van der Waals surface area contributed by atoms with Crippen LogP contribution >= 0.6 is 0 Å². The zero-order valence-corrected chi connectivity index (χ0v) is 10.4. The van der Waals surface area contributed by atoms with E-state index in [0.29, 0.717) is 5.56 Å². The van der Waals surface area contributed by atoms with Crippen molar-refractivity contribution in [2.75, 3.05) is 4.72 Å². The molecule has 1 N–H and O–H groups in total. The Kier molecular flexibility index (Phi) is 2.93. The molecule has 4 nitrogen and oxygen atoms in total. The summed E-state index contributed by atoms with van der Waals surface area (Å²) >= 11 is 0. The first kappa shape index (κ1) is 11.7. The third-order valence-electron chi connectivity index (χ3n) is 2.38. The minimum Gasteiger partial charge on any atom is -0.448 e. The van der Waals surface area contributed by atoms with Gasteiger partial charge in [0.15, 0.2) is 0 Å². The minimum atomic E-state index is -3.57. The largest absolute Gasteiger partial charge is 0.448 e. The summed E-state index contributed by atoms with van der Waals surface area (Å²) < 4.78 is 31.5. The van der Waals surface area contributed by atoms with Crippen molar-refractivity contribution >= 4 is 15.9 Å². The van der Waals surface area contributed by atoms with Crippen molar-refractivity contribution in [1.29, 1.82) is 0 Å². The van der Waals surface area contributed by atoms with Crippen LogP contribution in [0.3, 0.4) is 0 Å². The van der Waals surface area contributed by atoms with Gasteiger partial charge >= 0.3 is 0 Å². The molecule has 1 aromatic heterocycles. The van der Waals surface area contributed by atoms with E-state index in [1.54, 1.807) is 31.2 Å². The smallest absolute Gasteiger partial charge is 0.264 e. The highest BCUT2D eigenvalue weighted by molar-refractivity contribution is 7.92. The Morgan fingerprint density at radius 1 is 1.18 bits per heavy atom. The maximum Gasteiger partial charge on any atom is 0.264 e. The molecule has 0 fully saturated rings. The SMILES string of the molecule is Cc1ccc(S(=O)(=O)Nc2ccco2)c(C)c1. The fourth-order valence-corrected chi connectivity index (χ4v) is 2.85. The zero-order chi connectivity index (χ0) is 12.5. The van der Waals surface area contributed by atoms with Gasteiger partial charge in [-0.15, -0.1) is 0 Å². The number of benzene rings is 1. The van der Waals surface area contributed by atoms with Crippen LogP contribution in [-0.2, 0) is 10.0 Å². The Morgan fingerprint density at radius 3 is 2.53 bits per heavy atom. The average Bonchev–Trinajstić information content (AvgIpc) is 2.68. The topological polar surface area (TPSA) is 59.3 Å². The molecule has 1 aromatic carbocycles. The van der Waals surface area contributed by atoms with Crippen molar-refractivity contribution in [2.24, 2.45) is 0 Å². The molecule has 1 heterocycles. The Morgan fingerprint density at radius 2 is 1.94 bits per heavy atom. The summed E-state index contributed by atoms with van der Waals surface area (Å²) in [6, 6.07) is 8.37. The van der Waals surface area contributed by atoms with E-state index in [-0.39, 0.29) is 10.8 Å². The molecule has 0 bridgehead atoms. The van der Waals surface area contributed by atoms with Gasteiger partial charge in [-0.1, -0.05) is 17.7 Å². The summed E-state index contributed by atoms with van der Waals surface area (Å²) in [5.41, 5.74) is 1.74. The predicted molar refractivity (Wildman–Crippen MR) is 65.4 cm³/mol. The minimum absolute atomic E-state index is 0.213. The highest BCUT2D eigenvalue weighted by atomic mass is 32.2. The molecular formula is C12H13NO3S. The van der Waals surface area contributed by atoms with E-state index in [0.717, 1.165) is 5.56 Å². The van der Waals surface area contributed by atoms with Crippen LogP contribution in [0.1, 0.15) is 11.1 Å². The molecule has 0 unspecified atom stereocenters. The van der Waals surface area contributed by atoms with Gasteiger partial charge in [-0.25, -0.2) is 13.1 Å². The van der Waals surface area contributed by atoms with E-state index < -0.39 is 10.0 Å². The number of hydrogen-bond acceptors (Lipinski definition) is 3. The molecule has 90 valence electrons. The summed E-state index contributed by atoms with van der Waals surface area (Å²) in [4.78, 5) is 0.263. The number of furan rings is 1. The number of anilines is 1. The maximum absolute atomic E-state index is 12.1. The van der Waals surface area contributed by atoms with E-state index in [9.17, 15) is 8.42 Å². The monoisotopic (exact) mass is 251 g/mol. The predicted octanol–water partition coefficient (Wildman–Crippen LogP) is 2.70. The second-order valence-corrected chi connectivity index (χ2v) is 5.50. The van der Waals surface area contributed by atoms with E-state index in [2.05, 4.69) is 4.72 Å². The van der Waals surface area contributed by atoms with Crippen molar-refractivity contribution in [3.05, 3.63) is 47.7 Å². The van der Waals surface area contributed by atoms with Gasteiger partial charge in [0.25, 0.3) is 10.0 Å². The second-order valence-electron chi connectivity index (χ2n) is 3.85. The van der Waals surface area contributed by atoms with E-state index in [4.69, 9.17) is 4.42 Å². The van der Waals surface area contributed by atoms with E-state index in [1.165, 1.54) is 6.26 Å². The molecule has 0 spiro atoms. The molecule has 0 amide bonds. The fourth-order valence-electron chi connectivity index (χ4n) is 1.62.